The zero-order valence-corrected chi connectivity index (χ0v) is 6.19. The van der Waals surface area contributed by atoms with Gasteiger partial charge in [-0.1, -0.05) is 0 Å². The highest BCUT2D eigenvalue weighted by Gasteiger charge is 2.02. The Hall–Kier alpha value is 0.0300. The second-order valence-electron chi connectivity index (χ2n) is 1.10. The molecule has 0 aromatic rings. The van der Waals surface area contributed by atoms with Crippen molar-refractivity contribution in [3.05, 3.63) is 0 Å². The molecule has 0 heterocycles. The van der Waals surface area contributed by atoms with Crippen LogP contribution in [0.1, 0.15) is 6.92 Å². The Kier molecular flexibility index (Phi) is 4.88. The van der Waals surface area contributed by atoms with Gasteiger partial charge in [0.2, 0.25) is 5.91 Å². The number of rotatable bonds is 3. The Morgan fingerprint density at radius 2 is 2.22 bits per heavy atom. The monoisotopic (exact) mass is 173 g/mol. The van der Waals surface area contributed by atoms with Crippen molar-refractivity contribution in [1.29, 1.82) is 0 Å². The van der Waals surface area contributed by atoms with E-state index in [4.69, 9.17) is 0 Å². The molecule has 0 atom stereocenters. The summed E-state index contributed by atoms with van der Waals surface area (Å²) in [5.74, 6) is -2.77. The van der Waals surface area contributed by atoms with Crippen molar-refractivity contribution >= 4 is 27.7 Å². The van der Waals surface area contributed by atoms with Crippen LogP contribution in [-0.2, 0) is 4.79 Å². The molecule has 0 saturated heterocycles. The first-order valence-corrected chi connectivity index (χ1v) is 4.21. The Labute approximate surface area is 59.3 Å². The molecule has 0 spiro atoms. The van der Waals surface area contributed by atoms with Crippen LogP contribution in [0.2, 0.25) is 0 Å². The molecule has 2 nitrogen and oxygen atoms in total. The highest BCUT2D eigenvalue weighted by atomic mass is 33.1. The largest absolute Gasteiger partial charge is 0.295 e. The molecule has 1 amide bonds. The molecule has 0 aliphatic carbocycles. The van der Waals surface area contributed by atoms with Gasteiger partial charge >= 0.3 is 0 Å². The molecule has 0 bridgehead atoms. The maximum atomic E-state index is 11.3. The van der Waals surface area contributed by atoms with E-state index in [0.29, 0.717) is 21.8 Å². The molecule has 0 aromatic heterocycles. The standard InChI is InChI=1S/C3H5F2NOS2/c1-2(7)6-9-8-3(4)5/h3H,1H3,(H,6,7). The number of carbonyl (C=O) groups excluding carboxylic acids is 1. The molecule has 0 aliphatic rings. The van der Waals surface area contributed by atoms with E-state index in [1.165, 1.54) is 6.92 Å². The summed E-state index contributed by atoms with van der Waals surface area (Å²) in [6.07, 6.45) is 0. The van der Waals surface area contributed by atoms with Gasteiger partial charge in [-0.2, -0.15) is 8.78 Å². The van der Waals surface area contributed by atoms with Crippen molar-refractivity contribution in [2.45, 2.75) is 12.7 Å². The van der Waals surface area contributed by atoms with Crippen LogP contribution in [0, 0.1) is 0 Å². The third-order valence-corrected chi connectivity index (χ3v) is 1.89. The summed E-state index contributed by atoms with van der Waals surface area (Å²) >= 11 is 0. The Balaban J connectivity index is 3.01. The lowest BCUT2D eigenvalue weighted by atomic mass is 10.8. The fourth-order valence-electron chi connectivity index (χ4n) is 0.119. The minimum atomic E-state index is -2.44. The van der Waals surface area contributed by atoms with Gasteiger partial charge in [0.05, 0.1) is 0 Å². The first-order valence-electron chi connectivity index (χ1n) is 2.00. The lowest BCUT2D eigenvalue weighted by Gasteiger charge is -1.96. The molecule has 9 heavy (non-hydrogen) atoms. The Bertz CT molecular complexity index is 99.8. The molecule has 0 saturated carbocycles. The highest BCUT2D eigenvalue weighted by molar-refractivity contribution is 8.76. The molecule has 0 unspecified atom stereocenters. The molecule has 0 radical (unpaired) electrons. The number of alkyl halides is 2. The van der Waals surface area contributed by atoms with Gasteiger partial charge in [-0.3, -0.25) is 9.52 Å². The van der Waals surface area contributed by atoms with Crippen molar-refractivity contribution < 1.29 is 13.6 Å². The van der Waals surface area contributed by atoms with E-state index in [-0.39, 0.29) is 5.91 Å². The van der Waals surface area contributed by atoms with Crippen molar-refractivity contribution in [2.75, 3.05) is 0 Å². The van der Waals surface area contributed by atoms with E-state index in [1.807, 2.05) is 0 Å². The molecule has 0 rings (SSSR count). The van der Waals surface area contributed by atoms with Gasteiger partial charge in [-0.05, 0) is 10.8 Å². The van der Waals surface area contributed by atoms with E-state index in [9.17, 15) is 13.6 Å². The predicted molar refractivity (Wildman–Crippen MR) is 35.0 cm³/mol. The van der Waals surface area contributed by atoms with Crippen LogP contribution in [0.5, 0.6) is 0 Å². The van der Waals surface area contributed by atoms with E-state index < -0.39 is 5.76 Å². The number of carbonyl (C=O) groups is 1. The van der Waals surface area contributed by atoms with Gasteiger partial charge in [-0.25, -0.2) is 0 Å². The number of nitrogens with one attached hydrogen (secondary N) is 1. The number of amides is 1. The summed E-state index contributed by atoms with van der Waals surface area (Å²) in [4.78, 5) is 10.0. The van der Waals surface area contributed by atoms with E-state index in [1.54, 1.807) is 0 Å². The van der Waals surface area contributed by atoms with Crippen LogP contribution >= 0.6 is 21.8 Å². The number of hydrogen-bond donors (Lipinski definition) is 1. The summed E-state index contributed by atoms with van der Waals surface area (Å²) in [6.45, 7) is 1.26. The van der Waals surface area contributed by atoms with Gasteiger partial charge in [0, 0.05) is 17.9 Å². The first-order chi connectivity index (χ1) is 4.13. The van der Waals surface area contributed by atoms with Crippen LogP contribution in [-0.4, -0.2) is 11.7 Å². The van der Waals surface area contributed by atoms with Gasteiger partial charge in [0.25, 0.3) is 5.76 Å². The van der Waals surface area contributed by atoms with Crippen LogP contribution in [0.3, 0.4) is 0 Å². The molecule has 6 heteroatoms. The minimum absolute atomic E-state index is 0.311. The maximum absolute atomic E-state index is 11.3. The summed E-state index contributed by atoms with van der Waals surface area (Å²) in [5.41, 5.74) is 0. The van der Waals surface area contributed by atoms with Crippen molar-refractivity contribution in [3.8, 4) is 0 Å². The summed E-state index contributed by atoms with van der Waals surface area (Å²) in [6, 6.07) is 0. The highest BCUT2D eigenvalue weighted by Crippen LogP contribution is 2.24. The predicted octanol–water partition coefficient (Wildman–Crippen LogP) is 1.64. The van der Waals surface area contributed by atoms with Gasteiger partial charge in [0.1, 0.15) is 0 Å². The third-order valence-electron chi connectivity index (χ3n) is 0.306. The van der Waals surface area contributed by atoms with Gasteiger partial charge in [-0.15, -0.1) is 0 Å². The summed E-state index contributed by atoms with van der Waals surface area (Å²) in [7, 11) is 0.948. The molecule has 0 aromatic carbocycles. The third kappa shape index (κ3) is 8.03. The van der Waals surface area contributed by atoms with E-state index in [2.05, 4.69) is 4.72 Å². The summed E-state index contributed by atoms with van der Waals surface area (Å²) < 4.78 is 24.7. The fourth-order valence-corrected chi connectivity index (χ4v) is 1.07. The molecule has 0 aliphatic heterocycles. The minimum Gasteiger partial charge on any atom is -0.291 e. The number of halogens is 2. The van der Waals surface area contributed by atoms with Crippen LogP contribution in [0.15, 0.2) is 0 Å². The first kappa shape index (κ1) is 9.03. The second-order valence-corrected chi connectivity index (χ2v) is 3.10. The number of hydrogen-bond acceptors (Lipinski definition) is 3. The Morgan fingerprint density at radius 3 is 2.56 bits per heavy atom. The average Bonchev–Trinajstić information content (AvgIpc) is 1.63. The van der Waals surface area contributed by atoms with Crippen molar-refractivity contribution in [3.63, 3.8) is 0 Å². The lowest BCUT2D eigenvalue weighted by Crippen LogP contribution is -2.08. The summed E-state index contributed by atoms with van der Waals surface area (Å²) in [5, 5.41) is 0. The van der Waals surface area contributed by atoms with Crippen LogP contribution in [0.4, 0.5) is 8.78 Å². The molecular weight excluding hydrogens is 168 g/mol. The molecule has 0 fully saturated rings. The normalized spacial score (nSPS) is 9.78. The average molecular weight is 173 g/mol. The zero-order valence-electron chi connectivity index (χ0n) is 4.56. The second kappa shape index (κ2) is 4.87. The SMILES string of the molecule is CC(=O)NSSC(F)F. The van der Waals surface area contributed by atoms with Gasteiger partial charge in [0.15, 0.2) is 0 Å². The quantitative estimate of drug-likeness (QED) is 0.519. The van der Waals surface area contributed by atoms with Crippen molar-refractivity contribution in [1.82, 2.24) is 4.72 Å². The van der Waals surface area contributed by atoms with E-state index in [0.717, 1.165) is 0 Å². The lowest BCUT2D eigenvalue weighted by molar-refractivity contribution is -0.117. The van der Waals surface area contributed by atoms with Crippen molar-refractivity contribution in [2.24, 2.45) is 0 Å². The zero-order chi connectivity index (χ0) is 7.28. The Morgan fingerprint density at radius 1 is 1.67 bits per heavy atom. The van der Waals surface area contributed by atoms with Crippen LogP contribution in [0.25, 0.3) is 0 Å². The smallest absolute Gasteiger partial charge is 0.291 e. The van der Waals surface area contributed by atoms with Gasteiger partial charge < -0.3 is 0 Å². The fraction of sp³-hybridized carbons (Fsp3) is 0.667. The molecule has 1 N–H and O–H groups in total. The maximum Gasteiger partial charge on any atom is 0.295 e. The van der Waals surface area contributed by atoms with E-state index >= 15 is 0 Å². The topological polar surface area (TPSA) is 29.1 Å². The molecule has 54 valence electrons. The molecular formula is C3H5F2NOS2. The van der Waals surface area contributed by atoms with Crippen LogP contribution < -0.4 is 4.72 Å².